The Hall–Kier alpha value is -3.28. The number of nitrogens with zero attached hydrogens (tertiary/aromatic N) is 5. The van der Waals surface area contributed by atoms with Crippen LogP contribution < -0.4 is 9.64 Å². The molecule has 2 aromatic heterocycles. The van der Waals surface area contributed by atoms with Crippen LogP contribution in [0, 0.1) is 6.92 Å². The summed E-state index contributed by atoms with van der Waals surface area (Å²) >= 11 is 1.38. The van der Waals surface area contributed by atoms with E-state index in [0.717, 1.165) is 15.8 Å². The van der Waals surface area contributed by atoms with Gasteiger partial charge in [0.1, 0.15) is 11.8 Å². The van der Waals surface area contributed by atoms with Crippen LogP contribution in [0.3, 0.4) is 0 Å². The Balaban J connectivity index is 1.48. The third kappa shape index (κ3) is 4.73. The van der Waals surface area contributed by atoms with E-state index < -0.39 is 16.1 Å². The zero-order chi connectivity index (χ0) is 25.3. The molecule has 0 saturated carbocycles. The largest absolute Gasteiger partial charge is 0.497 e. The van der Waals surface area contributed by atoms with E-state index in [1.807, 2.05) is 37.4 Å². The lowest BCUT2D eigenvalue weighted by molar-refractivity contribution is -0.121. The Bertz CT molecular complexity index is 1470. The van der Waals surface area contributed by atoms with Crippen LogP contribution in [-0.4, -0.2) is 59.6 Å². The molecule has 0 aliphatic carbocycles. The summed E-state index contributed by atoms with van der Waals surface area (Å²) in [6.07, 6.45) is 4.59. The molecule has 3 heterocycles. The molecule has 36 heavy (non-hydrogen) atoms. The van der Waals surface area contributed by atoms with Crippen LogP contribution in [-0.2, 0) is 21.4 Å². The minimum Gasteiger partial charge on any atom is -0.497 e. The van der Waals surface area contributed by atoms with Crippen molar-refractivity contribution in [1.29, 1.82) is 0 Å². The number of methoxy groups -OCH3 is 1. The second-order valence-electron chi connectivity index (χ2n) is 8.68. The standard InChI is InChI=1S/C25H27N5O4S2/c1-18-6-9-20(10-7-18)36(32,33)30-14-3-5-22(30)24(31)29(16-15-28-13-4-12-26-28)25-27-21-11-8-19(34-2)17-23(21)35-25/h4,6-13,17,22H,3,5,14-16H2,1-2H3. The fourth-order valence-corrected chi connectivity index (χ4v) is 7.05. The molecule has 1 aliphatic heterocycles. The number of hydrogen-bond acceptors (Lipinski definition) is 7. The molecule has 0 radical (unpaired) electrons. The van der Waals surface area contributed by atoms with E-state index >= 15 is 0 Å². The number of amides is 1. The van der Waals surface area contributed by atoms with Gasteiger partial charge in [-0.1, -0.05) is 29.0 Å². The summed E-state index contributed by atoms with van der Waals surface area (Å²) < 4.78 is 36.3. The first kappa shape index (κ1) is 24.4. The molecule has 0 N–H and O–H groups in total. The lowest BCUT2D eigenvalue weighted by atomic mass is 10.2. The first-order chi connectivity index (χ1) is 17.4. The van der Waals surface area contributed by atoms with Crippen LogP contribution in [0.5, 0.6) is 5.75 Å². The van der Waals surface area contributed by atoms with Gasteiger partial charge in [0.25, 0.3) is 0 Å². The minimum atomic E-state index is -3.82. The van der Waals surface area contributed by atoms with Crippen molar-refractivity contribution in [2.75, 3.05) is 25.1 Å². The molecule has 1 unspecified atom stereocenters. The van der Waals surface area contributed by atoms with E-state index in [1.54, 1.807) is 47.2 Å². The number of aryl methyl sites for hydroxylation is 1. The van der Waals surface area contributed by atoms with Crippen molar-refractivity contribution >= 4 is 42.6 Å². The van der Waals surface area contributed by atoms with E-state index in [0.29, 0.717) is 43.4 Å². The van der Waals surface area contributed by atoms with Crippen LogP contribution in [0.25, 0.3) is 10.2 Å². The quantitative estimate of drug-likeness (QED) is 0.348. The smallest absolute Gasteiger partial charge is 0.247 e. The molecule has 9 nitrogen and oxygen atoms in total. The average Bonchev–Trinajstić information content (AvgIpc) is 3.64. The molecule has 5 rings (SSSR count). The van der Waals surface area contributed by atoms with Crippen LogP contribution in [0.1, 0.15) is 18.4 Å². The lowest BCUT2D eigenvalue weighted by Gasteiger charge is -2.28. The third-order valence-electron chi connectivity index (χ3n) is 6.31. The monoisotopic (exact) mass is 525 g/mol. The number of benzene rings is 2. The van der Waals surface area contributed by atoms with Gasteiger partial charge < -0.3 is 4.74 Å². The van der Waals surface area contributed by atoms with Crippen LogP contribution in [0.2, 0.25) is 0 Å². The van der Waals surface area contributed by atoms with Crippen molar-refractivity contribution < 1.29 is 17.9 Å². The van der Waals surface area contributed by atoms with E-state index in [1.165, 1.54) is 15.6 Å². The summed E-state index contributed by atoms with van der Waals surface area (Å²) in [6, 6.07) is 13.3. The summed E-state index contributed by atoms with van der Waals surface area (Å²) in [4.78, 5) is 20.5. The SMILES string of the molecule is COc1ccc2nc(N(CCn3cccn3)C(=O)C3CCCN3S(=O)(=O)c3ccc(C)cc3)sc2c1. The summed E-state index contributed by atoms with van der Waals surface area (Å²) in [6.45, 7) is 2.97. The highest BCUT2D eigenvalue weighted by molar-refractivity contribution is 7.89. The maximum Gasteiger partial charge on any atom is 0.247 e. The number of fused-ring (bicyclic) bond motifs is 1. The van der Waals surface area contributed by atoms with Crippen LogP contribution in [0.4, 0.5) is 5.13 Å². The van der Waals surface area contributed by atoms with Crippen molar-refractivity contribution in [1.82, 2.24) is 19.1 Å². The molecule has 2 aromatic carbocycles. The van der Waals surface area contributed by atoms with E-state index in [-0.39, 0.29) is 10.8 Å². The van der Waals surface area contributed by atoms with E-state index in [9.17, 15) is 13.2 Å². The number of anilines is 1. The maximum absolute atomic E-state index is 14.0. The van der Waals surface area contributed by atoms with Gasteiger partial charge in [0, 0.05) is 25.5 Å². The second-order valence-corrected chi connectivity index (χ2v) is 11.6. The van der Waals surface area contributed by atoms with Crippen molar-refractivity contribution in [2.24, 2.45) is 0 Å². The Kier molecular flexibility index (Phi) is 6.78. The van der Waals surface area contributed by atoms with Crippen molar-refractivity contribution in [3.63, 3.8) is 0 Å². The third-order valence-corrected chi connectivity index (χ3v) is 9.27. The van der Waals surface area contributed by atoms with Gasteiger partial charge in [0.05, 0.1) is 28.8 Å². The van der Waals surface area contributed by atoms with Gasteiger partial charge in [-0.05, 0) is 56.2 Å². The summed E-state index contributed by atoms with van der Waals surface area (Å²) in [5.74, 6) is 0.430. The molecule has 0 spiro atoms. The number of sulfonamides is 1. The highest BCUT2D eigenvalue weighted by Gasteiger charge is 2.42. The molecule has 1 atom stereocenters. The van der Waals surface area contributed by atoms with Gasteiger partial charge in [-0.2, -0.15) is 9.40 Å². The second kappa shape index (κ2) is 10.00. The lowest BCUT2D eigenvalue weighted by Crippen LogP contribution is -2.48. The summed E-state index contributed by atoms with van der Waals surface area (Å²) in [7, 11) is -2.22. The average molecular weight is 526 g/mol. The Labute approximate surface area is 214 Å². The first-order valence-corrected chi connectivity index (χ1v) is 13.9. The predicted molar refractivity (Wildman–Crippen MR) is 139 cm³/mol. The maximum atomic E-state index is 14.0. The number of thiazole rings is 1. The van der Waals surface area contributed by atoms with Gasteiger partial charge in [0.15, 0.2) is 5.13 Å². The Morgan fingerprint density at radius 3 is 2.75 bits per heavy atom. The fraction of sp³-hybridized carbons (Fsp3) is 0.320. The van der Waals surface area contributed by atoms with Crippen molar-refractivity contribution in [3.8, 4) is 5.75 Å². The topological polar surface area (TPSA) is 97.6 Å². The Morgan fingerprint density at radius 1 is 1.22 bits per heavy atom. The van der Waals surface area contributed by atoms with Crippen molar-refractivity contribution in [2.45, 2.75) is 37.2 Å². The fourth-order valence-electron chi connectivity index (χ4n) is 4.37. The normalized spacial score (nSPS) is 16.4. The van der Waals surface area contributed by atoms with E-state index in [4.69, 9.17) is 9.72 Å². The van der Waals surface area contributed by atoms with Gasteiger partial charge in [0.2, 0.25) is 15.9 Å². The molecular formula is C25H27N5O4S2. The zero-order valence-electron chi connectivity index (χ0n) is 20.1. The number of ether oxygens (including phenoxy) is 1. The van der Waals surface area contributed by atoms with Gasteiger partial charge in [-0.3, -0.25) is 14.4 Å². The molecule has 11 heteroatoms. The predicted octanol–water partition coefficient (Wildman–Crippen LogP) is 3.70. The number of carbonyl (C=O) groups is 1. The molecule has 1 fully saturated rings. The molecule has 0 bridgehead atoms. The van der Waals surface area contributed by atoms with Crippen molar-refractivity contribution in [3.05, 3.63) is 66.5 Å². The number of hydrogen-bond donors (Lipinski definition) is 0. The molecule has 1 aliphatic rings. The summed E-state index contributed by atoms with van der Waals surface area (Å²) in [5, 5.41) is 4.77. The van der Waals surface area contributed by atoms with Gasteiger partial charge >= 0.3 is 0 Å². The van der Waals surface area contributed by atoms with E-state index in [2.05, 4.69) is 5.10 Å². The van der Waals surface area contributed by atoms with Crippen LogP contribution >= 0.6 is 11.3 Å². The number of aromatic nitrogens is 3. The molecular weight excluding hydrogens is 498 g/mol. The number of rotatable bonds is 8. The highest BCUT2D eigenvalue weighted by atomic mass is 32.2. The highest BCUT2D eigenvalue weighted by Crippen LogP contribution is 2.34. The number of carbonyl (C=O) groups excluding carboxylic acids is 1. The zero-order valence-corrected chi connectivity index (χ0v) is 21.7. The first-order valence-electron chi connectivity index (χ1n) is 11.7. The van der Waals surface area contributed by atoms with Gasteiger partial charge in [-0.15, -0.1) is 0 Å². The Morgan fingerprint density at radius 2 is 2.03 bits per heavy atom. The van der Waals surface area contributed by atoms with Crippen LogP contribution in [0.15, 0.2) is 65.8 Å². The molecule has 1 amide bonds. The minimum absolute atomic E-state index is 0.197. The molecule has 188 valence electrons. The van der Waals surface area contributed by atoms with Gasteiger partial charge in [-0.25, -0.2) is 13.4 Å². The summed E-state index contributed by atoms with van der Waals surface area (Å²) in [5.41, 5.74) is 1.73. The molecule has 1 saturated heterocycles. The molecule has 4 aromatic rings.